The van der Waals surface area contributed by atoms with Crippen LogP contribution in [-0.2, 0) is 14.3 Å². The Morgan fingerprint density at radius 2 is 1.00 bits per heavy atom. The molecule has 3 unspecified atom stereocenters. The van der Waals surface area contributed by atoms with Crippen molar-refractivity contribution in [2.75, 3.05) is 6.61 Å². The molecule has 3 N–H and O–H groups in total. The summed E-state index contributed by atoms with van der Waals surface area (Å²) in [7, 11) is 0. The molecule has 0 aliphatic carbocycles. The van der Waals surface area contributed by atoms with E-state index in [1.165, 1.54) is 70.6 Å². The van der Waals surface area contributed by atoms with Crippen molar-refractivity contribution in [1.29, 1.82) is 0 Å². The van der Waals surface area contributed by atoms with Crippen molar-refractivity contribution in [3.8, 4) is 0 Å². The maximum Gasteiger partial charge on any atom is 0.306 e. The Bertz CT molecular complexity index is 968. The number of aliphatic hydroxyl groups is 2. The molecule has 0 rings (SSSR count). The molecule has 0 bridgehead atoms. The second-order valence-corrected chi connectivity index (χ2v) is 14.9. The van der Waals surface area contributed by atoms with Crippen molar-refractivity contribution in [1.82, 2.24) is 5.32 Å². The first-order valence-electron chi connectivity index (χ1n) is 22.1. The average Bonchev–Trinajstić information content (AvgIpc) is 3.15. The van der Waals surface area contributed by atoms with Gasteiger partial charge in [0.15, 0.2) is 0 Å². The first kappa shape index (κ1) is 50.6. The fourth-order valence-corrected chi connectivity index (χ4v) is 6.34. The minimum atomic E-state index is -0.788. The van der Waals surface area contributed by atoms with Gasteiger partial charge in [-0.1, -0.05) is 204 Å². The molecule has 1 amide bonds. The second-order valence-electron chi connectivity index (χ2n) is 14.9. The van der Waals surface area contributed by atoms with Gasteiger partial charge in [-0.3, -0.25) is 9.59 Å². The molecule has 0 fully saturated rings. The number of carbonyl (C=O) groups excluding carboxylic acids is 2. The highest BCUT2D eigenvalue weighted by Gasteiger charge is 2.24. The Balaban J connectivity index is 4.50. The van der Waals surface area contributed by atoms with Gasteiger partial charge in [0.25, 0.3) is 0 Å². The first-order chi connectivity index (χ1) is 26.0. The van der Waals surface area contributed by atoms with Crippen LogP contribution in [0, 0.1) is 0 Å². The normalized spacial score (nSPS) is 14.0. The van der Waals surface area contributed by atoms with Crippen LogP contribution in [0.4, 0.5) is 0 Å². The van der Waals surface area contributed by atoms with Crippen molar-refractivity contribution < 1.29 is 24.5 Å². The van der Waals surface area contributed by atoms with Crippen LogP contribution < -0.4 is 5.32 Å². The molecule has 6 nitrogen and oxygen atoms in total. The second kappa shape index (κ2) is 40.7. The van der Waals surface area contributed by atoms with E-state index < -0.39 is 18.2 Å². The number of rotatable bonds is 38. The summed E-state index contributed by atoms with van der Waals surface area (Å²) in [6, 6.07) is -0.703. The number of carbonyl (C=O) groups is 2. The van der Waals surface area contributed by atoms with Crippen molar-refractivity contribution >= 4 is 11.9 Å². The van der Waals surface area contributed by atoms with Gasteiger partial charge in [0.05, 0.1) is 25.2 Å². The van der Waals surface area contributed by atoms with Crippen LogP contribution in [0.2, 0.25) is 0 Å². The third kappa shape index (κ3) is 36.3. The van der Waals surface area contributed by atoms with Gasteiger partial charge in [0.1, 0.15) is 6.10 Å². The Labute approximate surface area is 327 Å². The fourth-order valence-electron chi connectivity index (χ4n) is 6.34. The van der Waals surface area contributed by atoms with Crippen LogP contribution in [0.1, 0.15) is 201 Å². The largest absolute Gasteiger partial charge is 0.462 e. The van der Waals surface area contributed by atoms with Crippen LogP contribution in [-0.4, -0.2) is 46.9 Å². The van der Waals surface area contributed by atoms with E-state index >= 15 is 0 Å². The molecular formula is C47H83NO5. The van der Waals surface area contributed by atoms with Crippen LogP contribution in [0.15, 0.2) is 60.8 Å². The Morgan fingerprint density at radius 3 is 1.53 bits per heavy atom. The quantitative estimate of drug-likeness (QED) is 0.0333. The predicted molar refractivity (Wildman–Crippen MR) is 227 cm³/mol. The van der Waals surface area contributed by atoms with E-state index in [9.17, 15) is 19.8 Å². The first-order valence-corrected chi connectivity index (χ1v) is 22.1. The third-order valence-corrected chi connectivity index (χ3v) is 9.71. The van der Waals surface area contributed by atoms with Gasteiger partial charge < -0.3 is 20.3 Å². The van der Waals surface area contributed by atoms with E-state index in [0.29, 0.717) is 19.3 Å². The number of hydrogen-bond acceptors (Lipinski definition) is 5. The molecule has 3 atom stereocenters. The summed E-state index contributed by atoms with van der Waals surface area (Å²) in [5.41, 5.74) is 0. The molecule has 0 saturated carbocycles. The lowest BCUT2D eigenvalue weighted by molar-refractivity contribution is -0.151. The molecular weight excluding hydrogens is 659 g/mol. The van der Waals surface area contributed by atoms with Gasteiger partial charge in [-0.2, -0.15) is 0 Å². The highest BCUT2D eigenvalue weighted by atomic mass is 16.5. The number of aliphatic hydroxyl groups excluding tert-OH is 2. The summed E-state index contributed by atoms with van der Waals surface area (Å²) in [5, 5.41) is 23.5. The summed E-state index contributed by atoms with van der Waals surface area (Å²) >= 11 is 0. The standard InChI is InChI=1S/C47H83NO5/c1-4-7-10-13-16-18-19-20-21-22-23-24-25-26-28-31-34-37-40-47(52)53-43(38-35-32-29-15-12-9-6-3)41-46(51)48-44(42-49)45(50)39-36-33-30-27-17-14-11-8-5-2/h10,13,16,18-24,43-45,49-50H,4-9,11-12,14-15,17,25-42H2,1-3H3,(H,48,51)/b13-10+,18-16+,20-19+,22-21+,24-23+. The number of esters is 1. The van der Waals surface area contributed by atoms with E-state index in [0.717, 1.165) is 83.5 Å². The van der Waals surface area contributed by atoms with Crippen LogP contribution in [0.3, 0.4) is 0 Å². The van der Waals surface area contributed by atoms with E-state index in [-0.39, 0.29) is 24.9 Å². The van der Waals surface area contributed by atoms with Gasteiger partial charge in [0, 0.05) is 6.42 Å². The molecule has 0 aromatic heterocycles. The smallest absolute Gasteiger partial charge is 0.306 e. The minimum Gasteiger partial charge on any atom is -0.462 e. The number of ether oxygens (including phenoxy) is 1. The molecule has 0 aromatic rings. The van der Waals surface area contributed by atoms with Crippen molar-refractivity contribution in [3.05, 3.63) is 60.8 Å². The molecule has 53 heavy (non-hydrogen) atoms. The van der Waals surface area contributed by atoms with Gasteiger partial charge >= 0.3 is 5.97 Å². The van der Waals surface area contributed by atoms with E-state index in [1.807, 2.05) is 24.3 Å². The molecule has 0 aliphatic heterocycles. The molecule has 0 heterocycles. The van der Waals surface area contributed by atoms with E-state index in [1.54, 1.807) is 0 Å². The van der Waals surface area contributed by atoms with E-state index in [2.05, 4.69) is 62.5 Å². The zero-order valence-electron chi connectivity index (χ0n) is 34.6. The summed E-state index contributed by atoms with van der Waals surface area (Å²) < 4.78 is 5.86. The molecule has 0 spiro atoms. The van der Waals surface area contributed by atoms with Gasteiger partial charge in [-0.25, -0.2) is 0 Å². The maximum atomic E-state index is 13.0. The zero-order valence-corrected chi connectivity index (χ0v) is 34.6. The van der Waals surface area contributed by atoms with Gasteiger partial charge in [0.2, 0.25) is 5.91 Å². The van der Waals surface area contributed by atoms with Gasteiger partial charge in [-0.05, 0) is 44.9 Å². The van der Waals surface area contributed by atoms with Crippen LogP contribution in [0.25, 0.3) is 0 Å². The molecule has 306 valence electrons. The third-order valence-electron chi connectivity index (χ3n) is 9.71. The monoisotopic (exact) mass is 742 g/mol. The lowest BCUT2D eigenvalue weighted by Gasteiger charge is -2.24. The van der Waals surface area contributed by atoms with Crippen molar-refractivity contribution in [2.24, 2.45) is 0 Å². The maximum absolute atomic E-state index is 13.0. The Kier molecular flexibility index (Phi) is 38.9. The topological polar surface area (TPSA) is 95.9 Å². The Morgan fingerprint density at radius 1 is 0.547 bits per heavy atom. The van der Waals surface area contributed by atoms with Crippen molar-refractivity contribution in [2.45, 2.75) is 219 Å². The molecule has 0 radical (unpaired) electrons. The van der Waals surface area contributed by atoms with Crippen molar-refractivity contribution in [3.63, 3.8) is 0 Å². The number of amides is 1. The highest BCUT2D eigenvalue weighted by molar-refractivity contribution is 5.77. The molecule has 6 heteroatoms. The zero-order chi connectivity index (χ0) is 38.9. The number of nitrogens with one attached hydrogen (secondary N) is 1. The summed E-state index contributed by atoms with van der Waals surface area (Å²) in [6.07, 6.45) is 48.6. The number of allylic oxidation sites excluding steroid dienone is 10. The summed E-state index contributed by atoms with van der Waals surface area (Å²) in [5.74, 6) is -0.512. The highest BCUT2D eigenvalue weighted by Crippen LogP contribution is 2.17. The fraction of sp³-hybridized carbons (Fsp3) is 0.745. The van der Waals surface area contributed by atoms with Crippen LogP contribution >= 0.6 is 0 Å². The summed E-state index contributed by atoms with van der Waals surface area (Å²) in [4.78, 5) is 25.8. The minimum absolute atomic E-state index is 0.0651. The molecule has 0 aliphatic rings. The lowest BCUT2D eigenvalue weighted by atomic mass is 10.0. The summed E-state index contributed by atoms with van der Waals surface area (Å²) in [6.45, 7) is 6.31. The van der Waals surface area contributed by atoms with Crippen LogP contribution in [0.5, 0.6) is 0 Å². The molecule has 0 aromatic carbocycles. The SMILES string of the molecule is CCC/C=C/C=C/C=C/C=C/C=C/CCCCCCCC(=O)OC(CCCCCCCCC)CC(=O)NC(CO)C(O)CCCCCCCCCCC. The predicted octanol–water partition coefficient (Wildman–Crippen LogP) is 12.5. The average molecular weight is 742 g/mol. The van der Waals surface area contributed by atoms with E-state index in [4.69, 9.17) is 4.74 Å². The molecule has 0 saturated heterocycles. The van der Waals surface area contributed by atoms with Gasteiger partial charge in [-0.15, -0.1) is 0 Å². The Hall–Kier alpha value is -2.44. The number of hydrogen-bond donors (Lipinski definition) is 3. The number of unbranched alkanes of at least 4 members (excludes halogenated alkanes) is 20. The lowest BCUT2D eigenvalue weighted by Crippen LogP contribution is -2.46.